The molecule has 39 heavy (non-hydrogen) atoms. The molecule has 2 amide bonds. The number of nitrogens with zero attached hydrogens (tertiary/aromatic N) is 2. The van der Waals surface area contributed by atoms with Crippen molar-refractivity contribution in [3.8, 4) is 0 Å². The molecule has 1 unspecified atom stereocenters. The normalized spacial score (nSPS) is 12.3. The lowest BCUT2D eigenvalue weighted by molar-refractivity contribution is -0.141. The maximum atomic E-state index is 13.7. The van der Waals surface area contributed by atoms with E-state index in [-0.39, 0.29) is 17.9 Å². The summed E-state index contributed by atoms with van der Waals surface area (Å²) >= 11 is 0. The molecule has 0 saturated heterocycles. The molecule has 0 radical (unpaired) electrons. The SMILES string of the molecule is CNC(=O)C(Cc1ccccc1)N(Cc1ccc(F)cc1)C(=O)CN(C)S(=O)(=O)c1ccc2ccccc2c1. The summed E-state index contributed by atoms with van der Waals surface area (Å²) in [7, 11) is -1.19. The highest BCUT2D eigenvalue weighted by Crippen LogP contribution is 2.22. The van der Waals surface area contributed by atoms with E-state index in [9.17, 15) is 22.4 Å². The van der Waals surface area contributed by atoms with Crippen LogP contribution in [-0.2, 0) is 32.6 Å². The molecule has 0 aliphatic carbocycles. The van der Waals surface area contributed by atoms with Gasteiger partial charge in [0.1, 0.15) is 11.9 Å². The van der Waals surface area contributed by atoms with Crippen molar-refractivity contribution >= 4 is 32.6 Å². The number of carbonyl (C=O) groups is 2. The van der Waals surface area contributed by atoms with Gasteiger partial charge in [0.2, 0.25) is 21.8 Å². The van der Waals surface area contributed by atoms with E-state index in [1.807, 2.05) is 54.6 Å². The second kappa shape index (κ2) is 12.2. The van der Waals surface area contributed by atoms with Gasteiger partial charge < -0.3 is 10.2 Å². The van der Waals surface area contributed by atoms with Gasteiger partial charge in [0.05, 0.1) is 11.4 Å². The van der Waals surface area contributed by atoms with Crippen LogP contribution in [0.4, 0.5) is 4.39 Å². The predicted molar refractivity (Wildman–Crippen MR) is 149 cm³/mol. The number of likely N-dealkylation sites (N-methyl/N-ethyl adjacent to an activating group) is 2. The summed E-state index contributed by atoms with van der Waals surface area (Å²) in [6.07, 6.45) is 0.217. The van der Waals surface area contributed by atoms with Crippen LogP contribution in [0.2, 0.25) is 0 Å². The van der Waals surface area contributed by atoms with Gasteiger partial charge >= 0.3 is 0 Å². The van der Waals surface area contributed by atoms with Crippen molar-refractivity contribution < 1.29 is 22.4 Å². The molecule has 0 saturated carbocycles. The van der Waals surface area contributed by atoms with Crippen LogP contribution in [-0.4, -0.2) is 56.1 Å². The monoisotopic (exact) mass is 547 g/mol. The largest absolute Gasteiger partial charge is 0.357 e. The average molecular weight is 548 g/mol. The molecule has 0 heterocycles. The third-order valence-electron chi connectivity index (χ3n) is 6.57. The number of rotatable bonds is 10. The number of carbonyl (C=O) groups excluding carboxylic acids is 2. The number of hydrogen-bond acceptors (Lipinski definition) is 4. The van der Waals surface area contributed by atoms with Gasteiger partial charge in [-0.15, -0.1) is 0 Å². The maximum Gasteiger partial charge on any atom is 0.243 e. The molecule has 202 valence electrons. The minimum Gasteiger partial charge on any atom is -0.357 e. The number of amides is 2. The highest BCUT2D eigenvalue weighted by molar-refractivity contribution is 7.89. The van der Waals surface area contributed by atoms with Crippen LogP contribution in [0.3, 0.4) is 0 Å². The standard InChI is InChI=1S/C30H30FN3O4S/c1-32-30(36)28(18-22-8-4-3-5-9-22)34(20-23-12-15-26(31)16-13-23)29(35)21-33(2)39(37,38)27-17-14-24-10-6-7-11-25(24)19-27/h3-17,19,28H,18,20-21H2,1-2H3,(H,32,36). The molecule has 4 aromatic rings. The van der Waals surface area contributed by atoms with Gasteiger partial charge in [-0.1, -0.05) is 72.8 Å². The van der Waals surface area contributed by atoms with Crippen LogP contribution < -0.4 is 5.32 Å². The highest BCUT2D eigenvalue weighted by Gasteiger charge is 2.32. The zero-order valence-corrected chi connectivity index (χ0v) is 22.6. The summed E-state index contributed by atoms with van der Waals surface area (Å²) in [5.41, 5.74) is 1.44. The topological polar surface area (TPSA) is 86.8 Å². The lowest BCUT2D eigenvalue weighted by Gasteiger charge is -2.32. The first-order valence-corrected chi connectivity index (χ1v) is 13.9. The fraction of sp³-hybridized carbons (Fsp3) is 0.200. The van der Waals surface area contributed by atoms with E-state index in [0.717, 1.165) is 20.6 Å². The lowest BCUT2D eigenvalue weighted by atomic mass is 10.0. The third kappa shape index (κ3) is 6.68. The molecule has 9 heteroatoms. The summed E-state index contributed by atoms with van der Waals surface area (Å²) in [4.78, 5) is 28.2. The van der Waals surface area contributed by atoms with E-state index >= 15 is 0 Å². The lowest BCUT2D eigenvalue weighted by Crippen LogP contribution is -2.52. The van der Waals surface area contributed by atoms with E-state index in [2.05, 4.69) is 5.32 Å². The van der Waals surface area contributed by atoms with Crippen LogP contribution >= 0.6 is 0 Å². The van der Waals surface area contributed by atoms with Crippen molar-refractivity contribution in [2.45, 2.75) is 23.9 Å². The van der Waals surface area contributed by atoms with E-state index < -0.39 is 40.2 Å². The first-order valence-electron chi connectivity index (χ1n) is 12.4. The Morgan fingerprint density at radius 2 is 1.49 bits per heavy atom. The second-order valence-corrected chi connectivity index (χ2v) is 11.3. The molecular formula is C30H30FN3O4S. The molecule has 7 nitrogen and oxygen atoms in total. The molecular weight excluding hydrogens is 517 g/mol. The van der Waals surface area contributed by atoms with E-state index in [0.29, 0.717) is 5.56 Å². The van der Waals surface area contributed by atoms with E-state index in [4.69, 9.17) is 0 Å². The molecule has 0 bridgehead atoms. The Morgan fingerprint density at radius 3 is 2.15 bits per heavy atom. The van der Waals surface area contributed by atoms with Crippen molar-refractivity contribution in [3.05, 3.63) is 114 Å². The summed E-state index contributed by atoms with van der Waals surface area (Å²) in [5, 5.41) is 4.28. The molecule has 0 aliphatic rings. The zero-order valence-electron chi connectivity index (χ0n) is 21.7. The van der Waals surface area contributed by atoms with Gasteiger partial charge in [-0.2, -0.15) is 4.31 Å². The average Bonchev–Trinajstić information content (AvgIpc) is 2.95. The van der Waals surface area contributed by atoms with Gasteiger partial charge in [-0.3, -0.25) is 9.59 Å². The number of hydrogen-bond donors (Lipinski definition) is 1. The Hall–Kier alpha value is -4.08. The van der Waals surface area contributed by atoms with Crippen LogP contribution in [0.5, 0.6) is 0 Å². The Morgan fingerprint density at radius 1 is 0.846 bits per heavy atom. The van der Waals surface area contributed by atoms with Crippen LogP contribution in [0.25, 0.3) is 10.8 Å². The van der Waals surface area contributed by atoms with E-state index in [1.54, 1.807) is 12.1 Å². The summed E-state index contributed by atoms with van der Waals surface area (Å²) in [6.45, 7) is -0.494. The third-order valence-corrected chi connectivity index (χ3v) is 8.37. The molecule has 4 rings (SSSR count). The first kappa shape index (κ1) is 27.9. The number of nitrogens with one attached hydrogen (secondary N) is 1. The van der Waals surface area contributed by atoms with Crippen LogP contribution in [0.15, 0.2) is 102 Å². The number of fused-ring (bicyclic) bond motifs is 1. The summed E-state index contributed by atoms with van der Waals surface area (Å²) in [6, 6.07) is 26.2. The van der Waals surface area contributed by atoms with Crippen molar-refractivity contribution in [2.24, 2.45) is 0 Å². The van der Waals surface area contributed by atoms with Crippen molar-refractivity contribution in [1.82, 2.24) is 14.5 Å². The Labute approximate surface area is 227 Å². The molecule has 0 fully saturated rings. The summed E-state index contributed by atoms with van der Waals surface area (Å²) < 4.78 is 41.4. The van der Waals surface area contributed by atoms with Crippen molar-refractivity contribution in [1.29, 1.82) is 0 Å². The summed E-state index contributed by atoms with van der Waals surface area (Å²) in [5.74, 6) is -1.38. The maximum absolute atomic E-state index is 13.7. The fourth-order valence-electron chi connectivity index (χ4n) is 4.38. The molecule has 4 aromatic carbocycles. The minimum absolute atomic E-state index is 0.00606. The number of halogens is 1. The zero-order chi connectivity index (χ0) is 28.0. The molecule has 1 atom stereocenters. The fourth-order valence-corrected chi connectivity index (χ4v) is 5.54. The predicted octanol–water partition coefficient (Wildman–Crippen LogP) is 3.99. The van der Waals surface area contributed by atoms with Crippen molar-refractivity contribution in [3.63, 3.8) is 0 Å². The first-order chi connectivity index (χ1) is 18.7. The van der Waals surface area contributed by atoms with Crippen molar-refractivity contribution in [2.75, 3.05) is 20.6 Å². The Balaban J connectivity index is 1.64. The number of sulfonamides is 1. The second-order valence-electron chi connectivity index (χ2n) is 9.24. The quantitative estimate of drug-likeness (QED) is 0.325. The Bertz CT molecular complexity index is 1560. The Kier molecular flexibility index (Phi) is 8.73. The van der Waals surface area contributed by atoms with Gasteiger partial charge in [-0.05, 0) is 46.2 Å². The van der Waals surface area contributed by atoms with Crippen LogP contribution in [0, 0.1) is 5.82 Å². The number of benzene rings is 4. The van der Waals surface area contributed by atoms with Gasteiger partial charge in [-0.25, -0.2) is 12.8 Å². The van der Waals surface area contributed by atoms with E-state index in [1.165, 1.54) is 49.3 Å². The molecule has 0 spiro atoms. The van der Waals surface area contributed by atoms with Gasteiger partial charge in [0.25, 0.3) is 0 Å². The van der Waals surface area contributed by atoms with Gasteiger partial charge in [0, 0.05) is 27.1 Å². The van der Waals surface area contributed by atoms with Gasteiger partial charge in [0.15, 0.2) is 0 Å². The van der Waals surface area contributed by atoms with Crippen LogP contribution in [0.1, 0.15) is 11.1 Å². The highest BCUT2D eigenvalue weighted by atomic mass is 32.2. The molecule has 1 N–H and O–H groups in total. The molecule has 0 aliphatic heterocycles. The smallest absolute Gasteiger partial charge is 0.243 e. The molecule has 0 aromatic heterocycles. The minimum atomic E-state index is -4.01.